The molecular formula is C15H28N2O2. The van der Waals surface area contributed by atoms with Gasteiger partial charge >= 0.3 is 5.97 Å². The van der Waals surface area contributed by atoms with E-state index in [9.17, 15) is 4.79 Å². The third-order valence-corrected chi connectivity index (χ3v) is 3.97. The molecule has 0 aromatic heterocycles. The molecule has 2 saturated carbocycles. The largest absolute Gasteiger partial charge is 0.468 e. The lowest BCUT2D eigenvalue weighted by molar-refractivity contribution is -0.143. The monoisotopic (exact) mass is 268 g/mol. The minimum Gasteiger partial charge on any atom is -0.468 e. The Bertz CT molecular complexity index is 299. The van der Waals surface area contributed by atoms with Crippen LogP contribution < -0.4 is 5.32 Å². The number of rotatable bonds is 9. The number of methoxy groups -OCH3 is 1. The van der Waals surface area contributed by atoms with Gasteiger partial charge in [-0.05, 0) is 44.6 Å². The molecule has 2 rings (SSSR count). The van der Waals surface area contributed by atoms with Gasteiger partial charge in [-0.25, -0.2) is 0 Å². The molecule has 2 aliphatic carbocycles. The third-order valence-electron chi connectivity index (χ3n) is 3.97. The van der Waals surface area contributed by atoms with Gasteiger partial charge in [-0.15, -0.1) is 0 Å². The number of hydrogen-bond acceptors (Lipinski definition) is 4. The number of carbonyl (C=O) groups is 1. The van der Waals surface area contributed by atoms with E-state index >= 15 is 0 Å². The summed E-state index contributed by atoms with van der Waals surface area (Å²) < 4.78 is 4.94. The number of nitrogens with one attached hydrogen (secondary N) is 1. The Labute approximate surface area is 116 Å². The zero-order valence-corrected chi connectivity index (χ0v) is 12.5. The fourth-order valence-corrected chi connectivity index (χ4v) is 2.39. The Morgan fingerprint density at radius 2 is 2.00 bits per heavy atom. The van der Waals surface area contributed by atoms with E-state index in [-0.39, 0.29) is 12.0 Å². The fourth-order valence-electron chi connectivity index (χ4n) is 2.39. The van der Waals surface area contributed by atoms with Gasteiger partial charge in [0.15, 0.2) is 0 Å². The van der Waals surface area contributed by atoms with E-state index in [1.165, 1.54) is 39.2 Å². The third kappa shape index (κ3) is 5.11. The van der Waals surface area contributed by atoms with Gasteiger partial charge in [-0.3, -0.25) is 9.69 Å². The van der Waals surface area contributed by atoms with Gasteiger partial charge in [-0.1, -0.05) is 13.8 Å². The molecule has 1 atom stereocenters. The Hall–Kier alpha value is -0.610. The molecule has 4 heteroatoms. The molecule has 0 aromatic rings. The Morgan fingerprint density at radius 3 is 2.47 bits per heavy atom. The highest BCUT2D eigenvalue weighted by Crippen LogP contribution is 2.28. The number of hydrogen-bond donors (Lipinski definition) is 1. The zero-order chi connectivity index (χ0) is 13.8. The van der Waals surface area contributed by atoms with E-state index in [4.69, 9.17) is 4.74 Å². The summed E-state index contributed by atoms with van der Waals surface area (Å²) in [7, 11) is 1.49. The molecule has 0 bridgehead atoms. The van der Waals surface area contributed by atoms with E-state index in [1.54, 1.807) is 0 Å². The second-order valence-electron chi connectivity index (χ2n) is 6.43. The smallest absolute Gasteiger partial charge is 0.324 e. The number of nitrogens with zero attached hydrogens (tertiary/aromatic N) is 1. The molecule has 110 valence electrons. The van der Waals surface area contributed by atoms with Crippen LogP contribution in [0.3, 0.4) is 0 Å². The van der Waals surface area contributed by atoms with Crippen LogP contribution in [0.15, 0.2) is 0 Å². The van der Waals surface area contributed by atoms with Crippen LogP contribution in [-0.2, 0) is 9.53 Å². The number of carbonyl (C=O) groups excluding carboxylic acids is 1. The summed E-state index contributed by atoms with van der Waals surface area (Å²) in [5.74, 6) is 0.608. The molecule has 0 radical (unpaired) electrons. The summed E-state index contributed by atoms with van der Waals surface area (Å²) in [4.78, 5) is 14.4. The molecule has 0 aliphatic heterocycles. The lowest BCUT2D eigenvalue weighted by Crippen LogP contribution is -2.48. The van der Waals surface area contributed by atoms with Crippen LogP contribution in [0.1, 0.15) is 46.0 Å². The molecule has 1 unspecified atom stereocenters. The molecule has 0 heterocycles. The summed E-state index contributed by atoms with van der Waals surface area (Å²) in [6, 6.07) is 1.09. The first-order chi connectivity index (χ1) is 9.10. The molecule has 0 amide bonds. The molecule has 1 N–H and O–H groups in total. The Morgan fingerprint density at radius 1 is 1.32 bits per heavy atom. The van der Waals surface area contributed by atoms with E-state index in [0.29, 0.717) is 18.0 Å². The molecule has 2 aliphatic rings. The first kappa shape index (κ1) is 14.8. The predicted molar refractivity (Wildman–Crippen MR) is 76.0 cm³/mol. The molecule has 4 nitrogen and oxygen atoms in total. The minimum absolute atomic E-state index is 0.109. The minimum atomic E-state index is -0.148. The molecule has 0 spiro atoms. The molecule has 0 saturated heterocycles. The van der Waals surface area contributed by atoms with Crippen molar-refractivity contribution >= 4 is 5.97 Å². The quantitative estimate of drug-likeness (QED) is 0.647. The van der Waals surface area contributed by atoms with Crippen molar-refractivity contribution in [2.24, 2.45) is 5.92 Å². The van der Waals surface area contributed by atoms with Crippen LogP contribution in [0.2, 0.25) is 0 Å². The highest BCUT2D eigenvalue weighted by atomic mass is 16.5. The van der Waals surface area contributed by atoms with Crippen molar-refractivity contribution < 1.29 is 9.53 Å². The number of esters is 1. The van der Waals surface area contributed by atoms with Crippen LogP contribution >= 0.6 is 0 Å². The molecule has 0 aromatic carbocycles. The summed E-state index contributed by atoms with van der Waals surface area (Å²) in [6.45, 7) is 6.42. The van der Waals surface area contributed by atoms with Crippen LogP contribution in [0, 0.1) is 5.92 Å². The summed E-state index contributed by atoms with van der Waals surface area (Å²) in [5.41, 5.74) is 0. The van der Waals surface area contributed by atoms with Gasteiger partial charge in [0.25, 0.3) is 0 Å². The predicted octanol–water partition coefficient (Wildman–Crippen LogP) is 1.79. The maximum absolute atomic E-state index is 11.9. The first-order valence-corrected chi connectivity index (χ1v) is 7.68. The lowest BCUT2D eigenvalue weighted by Gasteiger charge is -2.27. The summed E-state index contributed by atoms with van der Waals surface area (Å²) in [5, 5.41) is 3.43. The highest BCUT2D eigenvalue weighted by Gasteiger charge is 2.35. The summed E-state index contributed by atoms with van der Waals surface area (Å²) in [6.07, 6.45) is 6.17. The van der Waals surface area contributed by atoms with Crippen molar-refractivity contribution in [2.75, 3.05) is 20.2 Å². The maximum atomic E-state index is 11.9. The van der Waals surface area contributed by atoms with Gasteiger partial charge in [-0.2, -0.15) is 0 Å². The maximum Gasteiger partial charge on any atom is 0.324 e. The van der Waals surface area contributed by atoms with E-state index in [1.807, 2.05) is 0 Å². The second-order valence-corrected chi connectivity index (χ2v) is 6.43. The molecular weight excluding hydrogens is 240 g/mol. The van der Waals surface area contributed by atoms with E-state index in [2.05, 4.69) is 24.1 Å². The Balaban J connectivity index is 1.85. The molecule has 19 heavy (non-hydrogen) atoms. The van der Waals surface area contributed by atoms with Gasteiger partial charge in [0.1, 0.15) is 6.04 Å². The average Bonchev–Trinajstić information content (AvgIpc) is 3.24. The van der Waals surface area contributed by atoms with Crippen molar-refractivity contribution in [3.63, 3.8) is 0 Å². The average molecular weight is 268 g/mol. The zero-order valence-electron chi connectivity index (χ0n) is 12.5. The highest BCUT2D eigenvalue weighted by molar-refractivity contribution is 5.76. The van der Waals surface area contributed by atoms with Crippen molar-refractivity contribution in [1.29, 1.82) is 0 Å². The van der Waals surface area contributed by atoms with Crippen molar-refractivity contribution in [2.45, 2.75) is 64.1 Å². The van der Waals surface area contributed by atoms with Crippen molar-refractivity contribution in [1.82, 2.24) is 10.2 Å². The van der Waals surface area contributed by atoms with Crippen molar-refractivity contribution in [3.8, 4) is 0 Å². The number of ether oxygens (including phenoxy) is 1. The fraction of sp³-hybridized carbons (Fsp3) is 0.933. The topological polar surface area (TPSA) is 41.6 Å². The SMILES string of the molecule is COC(=O)C(CN(CCC(C)C)C1CC1)NC1CC1. The Kier molecular flexibility index (Phi) is 5.22. The van der Waals surface area contributed by atoms with Crippen LogP contribution in [0.5, 0.6) is 0 Å². The van der Waals surface area contributed by atoms with Gasteiger partial charge in [0.2, 0.25) is 0 Å². The normalized spacial score (nSPS) is 20.9. The van der Waals surface area contributed by atoms with Crippen LogP contribution in [0.25, 0.3) is 0 Å². The van der Waals surface area contributed by atoms with Crippen LogP contribution in [0.4, 0.5) is 0 Å². The lowest BCUT2D eigenvalue weighted by atomic mass is 10.1. The first-order valence-electron chi connectivity index (χ1n) is 7.68. The molecule has 2 fully saturated rings. The van der Waals surface area contributed by atoms with E-state index < -0.39 is 0 Å². The second kappa shape index (κ2) is 6.71. The van der Waals surface area contributed by atoms with Gasteiger partial charge in [0, 0.05) is 18.6 Å². The standard InChI is InChI=1S/C15H28N2O2/c1-11(2)8-9-17(13-6-7-13)10-14(15(18)19-3)16-12-4-5-12/h11-14,16H,4-10H2,1-3H3. The summed E-state index contributed by atoms with van der Waals surface area (Å²) >= 11 is 0. The van der Waals surface area contributed by atoms with Gasteiger partial charge in [0.05, 0.1) is 7.11 Å². The van der Waals surface area contributed by atoms with Crippen molar-refractivity contribution in [3.05, 3.63) is 0 Å². The van der Waals surface area contributed by atoms with E-state index in [0.717, 1.165) is 13.1 Å². The van der Waals surface area contributed by atoms with Gasteiger partial charge < -0.3 is 10.1 Å². The van der Waals surface area contributed by atoms with Crippen LogP contribution in [-0.4, -0.2) is 49.2 Å².